The summed E-state index contributed by atoms with van der Waals surface area (Å²) in [6, 6.07) is 13.6. The second-order valence-corrected chi connectivity index (χ2v) is 6.21. The van der Waals surface area contributed by atoms with Gasteiger partial charge in [0.25, 0.3) is 11.8 Å². The lowest BCUT2D eigenvalue weighted by Gasteiger charge is -2.26. The molecule has 0 bridgehead atoms. The van der Waals surface area contributed by atoms with E-state index >= 15 is 0 Å². The Morgan fingerprint density at radius 2 is 1.85 bits per heavy atom. The predicted octanol–water partition coefficient (Wildman–Crippen LogP) is 2.83. The molecule has 0 radical (unpaired) electrons. The van der Waals surface area contributed by atoms with Gasteiger partial charge in [-0.1, -0.05) is 17.7 Å². The molecule has 26 heavy (non-hydrogen) atoms. The zero-order chi connectivity index (χ0) is 18.4. The molecule has 1 N–H and O–H groups in total. The van der Waals surface area contributed by atoms with Crippen molar-refractivity contribution < 1.29 is 19.1 Å². The van der Waals surface area contributed by atoms with Crippen molar-refractivity contribution in [2.45, 2.75) is 0 Å². The standard InChI is InChI=1S/C19H19ClN2O4/c20-15-2-1-3-16(12-15)21-18(23)13-26-17-6-4-14(5-7-17)19(24)22-8-10-25-11-9-22/h1-7,12H,8-11,13H2,(H,21,23). The minimum atomic E-state index is -0.291. The normalized spacial score (nSPS) is 14.0. The minimum absolute atomic E-state index is 0.0291. The maximum Gasteiger partial charge on any atom is 0.262 e. The van der Waals surface area contributed by atoms with Gasteiger partial charge in [0.15, 0.2) is 6.61 Å². The number of anilines is 1. The Balaban J connectivity index is 1.51. The van der Waals surface area contributed by atoms with Crippen molar-refractivity contribution in [1.82, 2.24) is 4.90 Å². The molecule has 0 spiro atoms. The quantitative estimate of drug-likeness (QED) is 0.873. The van der Waals surface area contributed by atoms with E-state index in [2.05, 4.69) is 5.32 Å². The van der Waals surface area contributed by atoms with Crippen molar-refractivity contribution in [3.8, 4) is 5.75 Å². The Morgan fingerprint density at radius 1 is 1.12 bits per heavy atom. The smallest absolute Gasteiger partial charge is 0.262 e. The lowest BCUT2D eigenvalue weighted by molar-refractivity contribution is -0.118. The lowest BCUT2D eigenvalue weighted by Crippen LogP contribution is -2.40. The molecule has 2 amide bonds. The zero-order valence-electron chi connectivity index (χ0n) is 14.1. The number of benzene rings is 2. The molecule has 1 aliphatic rings. The van der Waals surface area contributed by atoms with E-state index in [0.29, 0.717) is 48.3 Å². The van der Waals surface area contributed by atoms with Crippen LogP contribution in [0.1, 0.15) is 10.4 Å². The molecule has 0 saturated carbocycles. The van der Waals surface area contributed by atoms with Crippen LogP contribution in [0.4, 0.5) is 5.69 Å². The summed E-state index contributed by atoms with van der Waals surface area (Å²) < 4.78 is 10.7. The first-order valence-corrected chi connectivity index (χ1v) is 8.65. The zero-order valence-corrected chi connectivity index (χ0v) is 14.9. The summed E-state index contributed by atoms with van der Waals surface area (Å²) in [6.07, 6.45) is 0. The molecule has 7 heteroatoms. The van der Waals surface area contributed by atoms with E-state index < -0.39 is 0 Å². The van der Waals surface area contributed by atoms with Gasteiger partial charge >= 0.3 is 0 Å². The van der Waals surface area contributed by atoms with E-state index in [-0.39, 0.29) is 18.4 Å². The van der Waals surface area contributed by atoms with Crippen LogP contribution in [0.25, 0.3) is 0 Å². The summed E-state index contributed by atoms with van der Waals surface area (Å²) in [7, 11) is 0. The molecule has 2 aromatic carbocycles. The third-order valence-corrected chi connectivity index (χ3v) is 4.11. The molecule has 0 aromatic heterocycles. The van der Waals surface area contributed by atoms with E-state index in [9.17, 15) is 9.59 Å². The van der Waals surface area contributed by atoms with Gasteiger partial charge in [0.2, 0.25) is 0 Å². The molecular formula is C19H19ClN2O4. The number of carbonyl (C=O) groups excluding carboxylic acids is 2. The van der Waals surface area contributed by atoms with Crippen molar-refractivity contribution >= 4 is 29.1 Å². The molecule has 3 rings (SSSR count). The predicted molar refractivity (Wildman–Crippen MR) is 98.7 cm³/mol. The Bertz CT molecular complexity index is 773. The maximum absolute atomic E-state index is 12.4. The van der Waals surface area contributed by atoms with Gasteiger partial charge < -0.3 is 19.7 Å². The van der Waals surface area contributed by atoms with E-state index in [1.807, 2.05) is 0 Å². The van der Waals surface area contributed by atoms with Crippen LogP contribution in [-0.4, -0.2) is 49.6 Å². The number of hydrogen-bond donors (Lipinski definition) is 1. The Hall–Kier alpha value is -2.57. The van der Waals surface area contributed by atoms with Crippen LogP contribution >= 0.6 is 11.6 Å². The van der Waals surface area contributed by atoms with Gasteiger partial charge in [-0.25, -0.2) is 0 Å². The summed E-state index contributed by atoms with van der Waals surface area (Å²) in [6.45, 7) is 2.19. The first-order chi connectivity index (χ1) is 12.6. The van der Waals surface area contributed by atoms with Gasteiger partial charge in [-0.2, -0.15) is 0 Å². The molecule has 2 aromatic rings. The number of ether oxygens (including phenoxy) is 2. The van der Waals surface area contributed by atoms with E-state index in [1.165, 1.54) is 0 Å². The molecule has 136 valence electrons. The lowest BCUT2D eigenvalue weighted by atomic mass is 10.2. The molecule has 6 nitrogen and oxygen atoms in total. The molecule has 0 aliphatic carbocycles. The van der Waals surface area contributed by atoms with Crippen molar-refractivity contribution in [2.24, 2.45) is 0 Å². The minimum Gasteiger partial charge on any atom is -0.484 e. The van der Waals surface area contributed by atoms with Crippen molar-refractivity contribution in [3.63, 3.8) is 0 Å². The summed E-state index contributed by atoms with van der Waals surface area (Å²) in [5.41, 5.74) is 1.19. The number of halogens is 1. The Kier molecular flexibility index (Phi) is 6.09. The van der Waals surface area contributed by atoms with Crippen LogP contribution in [0.5, 0.6) is 5.75 Å². The first kappa shape index (κ1) is 18.2. The highest BCUT2D eigenvalue weighted by atomic mass is 35.5. The third-order valence-electron chi connectivity index (χ3n) is 3.88. The fourth-order valence-corrected chi connectivity index (χ4v) is 2.75. The van der Waals surface area contributed by atoms with Crippen LogP contribution < -0.4 is 10.1 Å². The first-order valence-electron chi connectivity index (χ1n) is 8.27. The number of hydrogen-bond acceptors (Lipinski definition) is 4. The van der Waals surface area contributed by atoms with Crippen LogP contribution in [0.3, 0.4) is 0 Å². The fourth-order valence-electron chi connectivity index (χ4n) is 2.55. The summed E-state index contributed by atoms with van der Waals surface area (Å²) >= 11 is 5.88. The second kappa shape index (κ2) is 8.69. The van der Waals surface area contributed by atoms with Crippen molar-refractivity contribution in [2.75, 3.05) is 38.2 Å². The monoisotopic (exact) mass is 374 g/mol. The van der Waals surface area contributed by atoms with E-state index in [4.69, 9.17) is 21.1 Å². The number of amides is 2. The summed E-state index contributed by atoms with van der Waals surface area (Å²) in [5.74, 6) is 0.198. The van der Waals surface area contributed by atoms with Crippen LogP contribution in [0, 0.1) is 0 Å². The number of nitrogens with one attached hydrogen (secondary N) is 1. The Morgan fingerprint density at radius 3 is 2.54 bits per heavy atom. The molecule has 0 atom stereocenters. The van der Waals surface area contributed by atoms with E-state index in [1.54, 1.807) is 53.4 Å². The largest absolute Gasteiger partial charge is 0.484 e. The summed E-state index contributed by atoms with van der Waals surface area (Å²) in [5, 5.41) is 3.25. The van der Waals surface area contributed by atoms with Gasteiger partial charge in [-0.05, 0) is 42.5 Å². The highest BCUT2D eigenvalue weighted by Gasteiger charge is 2.18. The molecule has 1 aliphatic heterocycles. The van der Waals surface area contributed by atoms with Crippen molar-refractivity contribution in [3.05, 3.63) is 59.1 Å². The van der Waals surface area contributed by atoms with E-state index in [0.717, 1.165) is 0 Å². The SMILES string of the molecule is O=C(COc1ccc(C(=O)N2CCOCC2)cc1)Nc1cccc(Cl)c1. The highest BCUT2D eigenvalue weighted by Crippen LogP contribution is 2.16. The molecule has 1 heterocycles. The third kappa shape index (κ3) is 4.97. The topological polar surface area (TPSA) is 67.9 Å². The molecular weight excluding hydrogens is 356 g/mol. The van der Waals surface area contributed by atoms with Crippen LogP contribution in [0.15, 0.2) is 48.5 Å². The summed E-state index contributed by atoms with van der Waals surface area (Å²) in [4.78, 5) is 26.1. The second-order valence-electron chi connectivity index (χ2n) is 5.78. The molecule has 1 fully saturated rings. The van der Waals surface area contributed by atoms with Gasteiger partial charge in [-0.15, -0.1) is 0 Å². The highest BCUT2D eigenvalue weighted by molar-refractivity contribution is 6.30. The van der Waals surface area contributed by atoms with Crippen molar-refractivity contribution in [1.29, 1.82) is 0 Å². The maximum atomic E-state index is 12.4. The number of nitrogens with zero attached hydrogens (tertiary/aromatic N) is 1. The van der Waals surface area contributed by atoms with Crippen LogP contribution in [0.2, 0.25) is 5.02 Å². The molecule has 0 unspecified atom stereocenters. The number of morpholine rings is 1. The molecule has 1 saturated heterocycles. The van der Waals surface area contributed by atoms with Gasteiger partial charge in [0.1, 0.15) is 5.75 Å². The fraction of sp³-hybridized carbons (Fsp3) is 0.263. The average molecular weight is 375 g/mol. The number of carbonyl (C=O) groups is 2. The number of rotatable bonds is 5. The van der Waals surface area contributed by atoms with Gasteiger partial charge in [-0.3, -0.25) is 9.59 Å². The van der Waals surface area contributed by atoms with Crippen LogP contribution in [-0.2, 0) is 9.53 Å². The average Bonchev–Trinajstić information content (AvgIpc) is 2.67. The Labute approximate surface area is 156 Å². The van der Waals surface area contributed by atoms with Gasteiger partial charge in [0.05, 0.1) is 13.2 Å². The van der Waals surface area contributed by atoms with Gasteiger partial charge in [0, 0.05) is 29.4 Å².